The first-order valence-electron chi connectivity index (χ1n) is 5.51. The molecular formula is C11H19N3O. The Labute approximate surface area is 90.5 Å². The average Bonchev–Trinajstić information content (AvgIpc) is 2.80. The third kappa shape index (κ3) is 2.21. The first-order valence-corrected chi connectivity index (χ1v) is 5.51. The van der Waals surface area contributed by atoms with Gasteiger partial charge in [-0.15, -0.1) is 0 Å². The summed E-state index contributed by atoms with van der Waals surface area (Å²) in [6, 6.07) is 0. The van der Waals surface area contributed by atoms with Crippen molar-refractivity contribution >= 4 is 0 Å². The maximum Gasteiger partial charge on any atom is 0.105 e. The standard InChI is InChI=1S/C11H19N3O/c1-9-12-5-11(13(9)2)7-14-4-3-10(6-14)8-15/h5,10,15H,3-4,6-8H2,1-2H3. The third-order valence-corrected chi connectivity index (χ3v) is 3.33. The van der Waals surface area contributed by atoms with Crippen molar-refractivity contribution in [3.63, 3.8) is 0 Å². The summed E-state index contributed by atoms with van der Waals surface area (Å²) in [5.74, 6) is 1.53. The summed E-state index contributed by atoms with van der Waals surface area (Å²) < 4.78 is 2.13. The van der Waals surface area contributed by atoms with E-state index in [1.165, 1.54) is 5.69 Å². The van der Waals surface area contributed by atoms with Crippen LogP contribution in [-0.2, 0) is 13.6 Å². The molecule has 1 aliphatic heterocycles. The minimum atomic E-state index is 0.320. The van der Waals surface area contributed by atoms with Crippen LogP contribution in [0.25, 0.3) is 0 Å². The van der Waals surface area contributed by atoms with E-state index in [1.807, 2.05) is 13.1 Å². The number of aliphatic hydroxyl groups excluding tert-OH is 1. The molecule has 1 N–H and O–H groups in total. The molecule has 1 unspecified atom stereocenters. The second-order valence-electron chi connectivity index (χ2n) is 4.43. The Kier molecular flexibility index (Phi) is 3.07. The van der Waals surface area contributed by atoms with Gasteiger partial charge in [0.25, 0.3) is 0 Å². The van der Waals surface area contributed by atoms with Crippen LogP contribution in [-0.4, -0.2) is 39.3 Å². The van der Waals surface area contributed by atoms with Crippen molar-refractivity contribution in [2.24, 2.45) is 13.0 Å². The summed E-state index contributed by atoms with van der Waals surface area (Å²) in [6.45, 7) is 5.40. The molecule has 2 heterocycles. The molecule has 4 nitrogen and oxygen atoms in total. The van der Waals surface area contributed by atoms with Crippen molar-refractivity contribution in [1.82, 2.24) is 14.5 Å². The normalized spacial score (nSPS) is 22.5. The lowest BCUT2D eigenvalue weighted by atomic mass is 10.1. The molecule has 0 aromatic carbocycles. The number of aryl methyl sites for hydroxylation is 1. The zero-order valence-electron chi connectivity index (χ0n) is 9.48. The number of nitrogens with zero attached hydrogens (tertiary/aromatic N) is 3. The molecule has 0 bridgehead atoms. The maximum atomic E-state index is 9.06. The lowest BCUT2D eigenvalue weighted by molar-refractivity contribution is 0.219. The van der Waals surface area contributed by atoms with Gasteiger partial charge in [0, 0.05) is 32.9 Å². The molecule has 0 aliphatic carbocycles. The topological polar surface area (TPSA) is 41.3 Å². The van der Waals surface area contributed by atoms with Gasteiger partial charge in [0.05, 0.1) is 5.69 Å². The smallest absolute Gasteiger partial charge is 0.105 e. The van der Waals surface area contributed by atoms with Crippen LogP contribution in [0.3, 0.4) is 0 Å². The highest BCUT2D eigenvalue weighted by molar-refractivity contribution is 5.03. The fourth-order valence-corrected chi connectivity index (χ4v) is 2.13. The van der Waals surface area contributed by atoms with E-state index in [1.54, 1.807) is 0 Å². The monoisotopic (exact) mass is 209 g/mol. The number of likely N-dealkylation sites (tertiary alicyclic amines) is 1. The minimum Gasteiger partial charge on any atom is -0.396 e. The van der Waals surface area contributed by atoms with Crippen LogP contribution in [0.2, 0.25) is 0 Å². The highest BCUT2D eigenvalue weighted by Crippen LogP contribution is 2.18. The van der Waals surface area contributed by atoms with Crippen molar-refractivity contribution < 1.29 is 5.11 Å². The van der Waals surface area contributed by atoms with Crippen LogP contribution < -0.4 is 0 Å². The van der Waals surface area contributed by atoms with Gasteiger partial charge in [-0.1, -0.05) is 0 Å². The molecule has 1 aromatic rings. The first kappa shape index (κ1) is 10.6. The van der Waals surface area contributed by atoms with Crippen molar-refractivity contribution in [1.29, 1.82) is 0 Å². The molecule has 0 radical (unpaired) electrons. The molecule has 1 aromatic heterocycles. The summed E-state index contributed by atoms with van der Waals surface area (Å²) >= 11 is 0. The van der Waals surface area contributed by atoms with E-state index in [-0.39, 0.29) is 0 Å². The summed E-state index contributed by atoms with van der Waals surface area (Å²) in [7, 11) is 2.05. The van der Waals surface area contributed by atoms with Crippen LogP contribution in [0.5, 0.6) is 0 Å². The fourth-order valence-electron chi connectivity index (χ4n) is 2.13. The van der Waals surface area contributed by atoms with Gasteiger partial charge in [-0.25, -0.2) is 4.98 Å². The molecule has 0 amide bonds. The van der Waals surface area contributed by atoms with Crippen LogP contribution in [0.4, 0.5) is 0 Å². The largest absolute Gasteiger partial charge is 0.396 e. The molecule has 1 fully saturated rings. The second-order valence-corrected chi connectivity index (χ2v) is 4.43. The quantitative estimate of drug-likeness (QED) is 0.790. The van der Waals surface area contributed by atoms with Gasteiger partial charge in [0.15, 0.2) is 0 Å². The van der Waals surface area contributed by atoms with E-state index in [2.05, 4.69) is 21.5 Å². The molecule has 84 valence electrons. The van der Waals surface area contributed by atoms with E-state index < -0.39 is 0 Å². The third-order valence-electron chi connectivity index (χ3n) is 3.33. The van der Waals surface area contributed by atoms with Gasteiger partial charge in [-0.2, -0.15) is 0 Å². The maximum absolute atomic E-state index is 9.06. The summed E-state index contributed by atoms with van der Waals surface area (Å²) in [4.78, 5) is 6.67. The van der Waals surface area contributed by atoms with Gasteiger partial charge in [-0.3, -0.25) is 4.90 Å². The van der Waals surface area contributed by atoms with Crippen molar-refractivity contribution in [2.75, 3.05) is 19.7 Å². The Morgan fingerprint density at radius 3 is 2.93 bits per heavy atom. The molecular weight excluding hydrogens is 190 g/mol. The SMILES string of the molecule is Cc1ncc(CN2CCC(CO)C2)n1C. The molecule has 0 spiro atoms. The van der Waals surface area contributed by atoms with Crippen molar-refractivity contribution in [3.05, 3.63) is 17.7 Å². The second kappa shape index (κ2) is 4.33. The Morgan fingerprint density at radius 2 is 2.40 bits per heavy atom. The minimum absolute atomic E-state index is 0.320. The van der Waals surface area contributed by atoms with Gasteiger partial charge in [-0.05, 0) is 25.8 Å². The van der Waals surface area contributed by atoms with E-state index in [9.17, 15) is 0 Å². The highest BCUT2D eigenvalue weighted by atomic mass is 16.3. The summed E-state index contributed by atoms with van der Waals surface area (Å²) in [5, 5.41) is 9.06. The zero-order valence-corrected chi connectivity index (χ0v) is 9.48. The van der Waals surface area contributed by atoms with E-state index in [0.29, 0.717) is 12.5 Å². The predicted molar refractivity (Wildman–Crippen MR) is 58.4 cm³/mol. The van der Waals surface area contributed by atoms with Crippen LogP contribution >= 0.6 is 0 Å². The van der Waals surface area contributed by atoms with Gasteiger partial charge >= 0.3 is 0 Å². The Balaban J connectivity index is 1.95. The Hall–Kier alpha value is -0.870. The summed E-state index contributed by atoms with van der Waals surface area (Å²) in [6.07, 6.45) is 3.06. The number of imidazole rings is 1. The molecule has 4 heteroatoms. The van der Waals surface area contributed by atoms with E-state index >= 15 is 0 Å². The van der Waals surface area contributed by atoms with Crippen LogP contribution in [0, 0.1) is 12.8 Å². The molecule has 0 saturated carbocycles. The Morgan fingerprint density at radius 1 is 1.60 bits per heavy atom. The number of aliphatic hydroxyl groups is 1. The molecule has 1 aliphatic rings. The lowest BCUT2D eigenvalue weighted by Crippen LogP contribution is -2.22. The summed E-state index contributed by atoms with van der Waals surface area (Å²) in [5.41, 5.74) is 1.26. The highest BCUT2D eigenvalue weighted by Gasteiger charge is 2.22. The number of hydrogen-bond acceptors (Lipinski definition) is 3. The van der Waals surface area contributed by atoms with Crippen molar-refractivity contribution in [2.45, 2.75) is 19.9 Å². The Bertz CT molecular complexity index is 335. The van der Waals surface area contributed by atoms with Crippen molar-refractivity contribution in [3.8, 4) is 0 Å². The molecule has 1 saturated heterocycles. The fraction of sp³-hybridized carbons (Fsp3) is 0.727. The molecule has 15 heavy (non-hydrogen) atoms. The number of hydrogen-bond donors (Lipinski definition) is 1. The molecule has 2 rings (SSSR count). The average molecular weight is 209 g/mol. The van der Waals surface area contributed by atoms with Gasteiger partial charge in [0.1, 0.15) is 5.82 Å². The van der Waals surface area contributed by atoms with Crippen LogP contribution in [0.1, 0.15) is 17.9 Å². The zero-order chi connectivity index (χ0) is 10.8. The number of aromatic nitrogens is 2. The van der Waals surface area contributed by atoms with Crippen LogP contribution in [0.15, 0.2) is 6.20 Å². The predicted octanol–water partition coefficient (Wildman–Crippen LogP) is 0.543. The van der Waals surface area contributed by atoms with E-state index in [0.717, 1.165) is 31.9 Å². The van der Waals surface area contributed by atoms with Gasteiger partial charge in [0.2, 0.25) is 0 Å². The lowest BCUT2D eigenvalue weighted by Gasteiger charge is -2.15. The molecule has 1 atom stereocenters. The number of rotatable bonds is 3. The van der Waals surface area contributed by atoms with Gasteiger partial charge < -0.3 is 9.67 Å². The van der Waals surface area contributed by atoms with E-state index in [4.69, 9.17) is 5.11 Å². The first-order chi connectivity index (χ1) is 7.20.